The number of hydrogen-bond acceptors (Lipinski definition) is 5. The van der Waals surface area contributed by atoms with Crippen LogP contribution in [0.5, 0.6) is 5.75 Å². The van der Waals surface area contributed by atoms with E-state index in [1.165, 1.54) is 7.11 Å². The fourth-order valence-electron chi connectivity index (χ4n) is 2.00. The molecule has 1 amide bonds. The van der Waals surface area contributed by atoms with E-state index in [1.54, 1.807) is 14.2 Å². The van der Waals surface area contributed by atoms with Gasteiger partial charge >= 0.3 is 5.97 Å². The number of methoxy groups -OCH3 is 2. The molecule has 1 rings (SSSR count). The van der Waals surface area contributed by atoms with Gasteiger partial charge in [0, 0.05) is 6.54 Å². The molecule has 1 aromatic rings. The first-order chi connectivity index (χ1) is 10.1. The maximum atomic E-state index is 11.9. The molecule has 1 aromatic carbocycles. The Bertz CT molecular complexity index is 476. The van der Waals surface area contributed by atoms with Crippen LogP contribution in [0.2, 0.25) is 0 Å². The number of para-hydroxylation sites is 1. The molecule has 0 fully saturated rings. The number of hydrogen-bond donors (Lipinski definition) is 2. The van der Waals surface area contributed by atoms with Crippen LogP contribution in [0.25, 0.3) is 0 Å². The predicted octanol–water partition coefficient (Wildman–Crippen LogP) is 0.362. The number of likely N-dealkylation sites (N-methyl/N-ethyl adjacent to an activating group) is 1. The maximum Gasteiger partial charge on any atom is 0.310 e. The minimum atomic E-state index is -0.452. The van der Waals surface area contributed by atoms with Crippen LogP contribution in [0.1, 0.15) is 5.56 Å². The van der Waals surface area contributed by atoms with Crippen LogP contribution in [-0.4, -0.2) is 46.2 Å². The fraction of sp³-hybridized carbons (Fsp3) is 0.467. The monoisotopic (exact) mass is 294 g/mol. The smallest absolute Gasteiger partial charge is 0.310 e. The first-order valence-corrected chi connectivity index (χ1v) is 6.73. The normalized spacial score (nSPS) is 11.6. The highest BCUT2D eigenvalue weighted by atomic mass is 16.5. The molecule has 0 saturated carbocycles. The predicted molar refractivity (Wildman–Crippen MR) is 79.1 cm³/mol. The topological polar surface area (TPSA) is 76.7 Å². The second kappa shape index (κ2) is 8.97. The average Bonchev–Trinajstić information content (AvgIpc) is 2.51. The first kappa shape index (κ1) is 17.0. The molecule has 0 aliphatic rings. The Labute approximate surface area is 124 Å². The van der Waals surface area contributed by atoms with Crippen LogP contribution in [0.4, 0.5) is 0 Å². The molecule has 2 N–H and O–H groups in total. The highest BCUT2D eigenvalue weighted by Gasteiger charge is 2.21. The summed E-state index contributed by atoms with van der Waals surface area (Å²) in [5.74, 6) is -0.253. The number of ether oxygens (including phenoxy) is 2. The Hall–Kier alpha value is -2.08. The molecule has 21 heavy (non-hydrogen) atoms. The van der Waals surface area contributed by atoms with Crippen molar-refractivity contribution in [3.05, 3.63) is 29.8 Å². The van der Waals surface area contributed by atoms with Crippen molar-refractivity contribution in [2.75, 3.05) is 34.4 Å². The van der Waals surface area contributed by atoms with Crippen molar-refractivity contribution in [1.82, 2.24) is 10.6 Å². The molecule has 6 heteroatoms. The van der Waals surface area contributed by atoms with E-state index < -0.39 is 5.92 Å². The molecule has 0 aliphatic heterocycles. The van der Waals surface area contributed by atoms with E-state index in [-0.39, 0.29) is 25.0 Å². The third-order valence-corrected chi connectivity index (χ3v) is 3.08. The zero-order valence-electron chi connectivity index (χ0n) is 12.6. The van der Waals surface area contributed by atoms with Crippen molar-refractivity contribution in [2.24, 2.45) is 5.92 Å². The maximum absolute atomic E-state index is 11.9. The van der Waals surface area contributed by atoms with E-state index in [0.717, 1.165) is 5.56 Å². The van der Waals surface area contributed by atoms with Gasteiger partial charge in [-0.05, 0) is 25.1 Å². The molecule has 0 heterocycles. The van der Waals surface area contributed by atoms with Gasteiger partial charge in [-0.25, -0.2) is 0 Å². The molecule has 0 aromatic heterocycles. The van der Waals surface area contributed by atoms with Crippen LogP contribution >= 0.6 is 0 Å². The van der Waals surface area contributed by atoms with Crippen molar-refractivity contribution < 1.29 is 19.1 Å². The third-order valence-electron chi connectivity index (χ3n) is 3.08. The number of carbonyl (C=O) groups excluding carboxylic acids is 2. The molecular weight excluding hydrogens is 272 g/mol. The lowest BCUT2D eigenvalue weighted by atomic mass is 9.98. The van der Waals surface area contributed by atoms with Gasteiger partial charge in [0.25, 0.3) is 0 Å². The van der Waals surface area contributed by atoms with Gasteiger partial charge in [-0.2, -0.15) is 0 Å². The Morgan fingerprint density at radius 1 is 1.24 bits per heavy atom. The van der Waals surface area contributed by atoms with Gasteiger partial charge in [-0.1, -0.05) is 18.2 Å². The molecule has 0 spiro atoms. The molecule has 0 bridgehead atoms. The zero-order chi connectivity index (χ0) is 15.7. The minimum Gasteiger partial charge on any atom is -0.496 e. The van der Waals surface area contributed by atoms with Gasteiger partial charge in [0.05, 0.1) is 26.7 Å². The van der Waals surface area contributed by atoms with E-state index in [0.29, 0.717) is 12.2 Å². The van der Waals surface area contributed by atoms with E-state index in [1.807, 2.05) is 24.3 Å². The van der Waals surface area contributed by atoms with E-state index in [2.05, 4.69) is 10.6 Å². The van der Waals surface area contributed by atoms with E-state index >= 15 is 0 Å². The number of nitrogens with one attached hydrogen (secondary N) is 2. The Balaban J connectivity index is 2.74. The van der Waals surface area contributed by atoms with Gasteiger partial charge in [-0.15, -0.1) is 0 Å². The molecular formula is C15H22N2O4. The van der Waals surface area contributed by atoms with Crippen LogP contribution in [0, 0.1) is 5.92 Å². The van der Waals surface area contributed by atoms with E-state index in [4.69, 9.17) is 9.47 Å². The summed E-state index contributed by atoms with van der Waals surface area (Å²) < 4.78 is 10.1. The largest absolute Gasteiger partial charge is 0.496 e. The second-order valence-corrected chi connectivity index (χ2v) is 4.57. The van der Waals surface area contributed by atoms with Crippen LogP contribution < -0.4 is 15.4 Å². The summed E-state index contributed by atoms with van der Waals surface area (Å²) in [6.07, 6.45) is 0.441. The summed E-state index contributed by atoms with van der Waals surface area (Å²) in [6, 6.07) is 7.48. The van der Waals surface area contributed by atoms with Crippen molar-refractivity contribution in [1.29, 1.82) is 0 Å². The molecule has 116 valence electrons. The average molecular weight is 294 g/mol. The fourth-order valence-corrected chi connectivity index (χ4v) is 2.00. The molecule has 0 saturated heterocycles. The zero-order valence-corrected chi connectivity index (χ0v) is 12.6. The van der Waals surface area contributed by atoms with Crippen molar-refractivity contribution in [3.8, 4) is 5.75 Å². The lowest BCUT2D eigenvalue weighted by Crippen LogP contribution is -2.38. The third kappa shape index (κ3) is 5.43. The highest BCUT2D eigenvalue weighted by molar-refractivity contribution is 5.79. The van der Waals surface area contributed by atoms with Gasteiger partial charge in [0.1, 0.15) is 5.75 Å². The summed E-state index contributed by atoms with van der Waals surface area (Å²) in [5, 5.41) is 5.47. The Morgan fingerprint density at radius 3 is 2.57 bits per heavy atom. The number of amides is 1. The van der Waals surface area contributed by atoms with Crippen molar-refractivity contribution in [3.63, 3.8) is 0 Å². The van der Waals surface area contributed by atoms with Crippen molar-refractivity contribution >= 4 is 11.9 Å². The lowest BCUT2D eigenvalue weighted by Gasteiger charge is -2.17. The SMILES string of the molecule is CNCC(=O)NCC(Cc1ccccc1OC)C(=O)OC. The number of esters is 1. The molecule has 6 nitrogen and oxygen atoms in total. The minimum absolute atomic E-state index is 0.161. The summed E-state index contributed by atoms with van der Waals surface area (Å²) in [6.45, 7) is 0.438. The van der Waals surface area contributed by atoms with Crippen LogP contribution in [0.3, 0.4) is 0 Å². The molecule has 0 radical (unpaired) electrons. The number of rotatable bonds is 8. The van der Waals surface area contributed by atoms with Gasteiger partial charge in [-0.3, -0.25) is 9.59 Å². The lowest BCUT2D eigenvalue weighted by molar-refractivity contribution is -0.145. The quantitative estimate of drug-likeness (QED) is 0.677. The van der Waals surface area contributed by atoms with Gasteiger partial charge in [0.2, 0.25) is 5.91 Å². The Kier molecular flexibility index (Phi) is 7.25. The summed E-state index contributed by atoms with van der Waals surface area (Å²) in [4.78, 5) is 23.3. The number of benzene rings is 1. The molecule has 1 atom stereocenters. The van der Waals surface area contributed by atoms with Crippen LogP contribution in [0.15, 0.2) is 24.3 Å². The highest BCUT2D eigenvalue weighted by Crippen LogP contribution is 2.21. The second-order valence-electron chi connectivity index (χ2n) is 4.57. The van der Waals surface area contributed by atoms with Crippen LogP contribution in [-0.2, 0) is 20.7 Å². The van der Waals surface area contributed by atoms with Gasteiger partial charge in [0.15, 0.2) is 0 Å². The number of carbonyl (C=O) groups is 2. The standard InChI is InChI=1S/C15H22N2O4/c1-16-10-14(18)17-9-12(15(19)21-3)8-11-6-4-5-7-13(11)20-2/h4-7,12,16H,8-10H2,1-3H3,(H,17,18). The van der Waals surface area contributed by atoms with Gasteiger partial charge < -0.3 is 20.1 Å². The van der Waals surface area contributed by atoms with E-state index in [9.17, 15) is 9.59 Å². The first-order valence-electron chi connectivity index (χ1n) is 6.73. The molecule has 0 aliphatic carbocycles. The van der Waals surface area contributed by atoms with Crippen molar-refractivity contribution in [2.45, 2.75) is 6.42 Å². The summed E-state index contributed by atoms with van der Waals surface area (Å²) in [7, 11) is 4.61. The summed E-state index contributed by atoms with van der Waals surface area (Å²) in [5.41, 5.74) is 0.901. The Morgan fingerprint density at radius 2 is 1.95 bits per heavy atom. The molecule has 1 unspecified atom stereocenters. The summed E-state index contributed by atoms with van der Waals surface area (Å²) >= 11 is 0.